The van der Waals surface area contributed by atoms with Gasteiger partial charge in [-0.2, -0.15) is 0 Å². The van der Waals surface area contributed by atoms with Gasteiger partial charge in [0, 0.05) is 23.0 Å². The lowest BCUT2D eigenvalue weighted by Gasteiger charge is -2.04. The highest BCUT2D eigenvalue weighted by atomic mass is 79.9. The summed E-state index contributed by atoms with van der Waals surface area (Å²) in [6.45, 7) is -0.147. The van der Waals surface area contributed by atoms with Gasteiger partial charge < -0.3 is 10.4 Å². The van der Waals surface area contributed by atoms with Gasteiger partial charge in [0.05, 0.1) is 0 Å². The van der Waals surface area contributed by atoms with Gasteiger partial charge in [0.1, 0.15) is 6.61 Å². The van der Waals surface area contributed by atoms with Crippen molar-refractivity contribution in [2.75, 3.05) is 17.3 Å². The SMILES string of the molecule is O=C(CCCCBr)Nc1ccc(C#CCO)cc1. The third kappa shape index (κ3) is 5.85. The third-order valence-corrected chi connectivity index (χ3v) is 2.83. The van der Waals surface area contributed by atoms with E-state index in [0.717, 1.165) is 29.4 Å². The zero-order valence-corrected chi connectivity index (χ0v) is 11.7. The number of carbonyl (C=O) groups is 1. The first-order valence-corrected chi connectivity index (χ1v) is 6.94. The molecule has 18 heavy (non-hydrogen) atoms. The summed E-state index contributed by atoms with van der Waals surface area (Å²) in [5.74, 6) is 5.40. The zero-order valence-electron chi connectivity index (χ0n) is 10.1. The first-order valence-electron chi connectivity index (χ1n) is 5.82. The van der Waals surface area contributed by atoms with Crippen LogP contribution in [-0.2, 0) is 4.79 Å². The van der Waals surface area contributed by atoms with E-state index in [0.29, 0.717) is 6.42 Å². The predicted molar refractivity (Wildman–Crippen MR) is 76.7 cm³/mol. The normalized spacial score (nSPS) is 9.44. The maximum atomic E-state index is 11.6. The molecule has 0 aliphatic carbocycles. The molecule has 0 atom stereocenters. The van der Waals surface area contributed by atoms with Gasteiger partial charge in [0.25, 0.3) is 0 Å². The minimum absolute atomic E-state index is 0.0325. The van der Waals surface area contributed by atoms with Gasteiger partial charge >= 0.3 is 0 Å². The molecule has 0 radical (unpaired) electrons. The number of aliphatic hydroxyl groups excluding tert-OH is 1. The lowest BCUT2D eigenvalue weighted by atomic mass is 10.2. The summed E-state index contributed by atoms with van der Waals surface area (Å²) in [4.78, 5) is 11.6. The quantitative estimate of drug-likeness (QED) is 0.499. The Kier molecular flexibility index (Phi) is 7.16. The first kappa shape index (κ1) is 14.7. The highest BCUT2D eigenvalue weighted by Crippen LogP contribution is 2.10. The average Bonchev–Trinajstić information content (AvgIpc) is 2.38. The molecule has 0 aromatic heterocycles. The molecule has 96 valence electrons. The van der Waals surface area contributed by atoms with Crippen molar-refractivity contribution < 1.29 is 9.90 Å². The lowest BCUT2D eigenvalue weighted by molar-refractivity contribution is -0.116. The molecule has 0 aliphatic heterocycles. The van der Waals surface area contributed by atoms with E-state index in [1.807, 2.05) is 24.3 Å². The zero-order chi connectivity index (χ0) is 13.2. The predicted octanol–water partition coefficient (Wildman–Crippen LogP) is 2.53. The molecular weight excluding hydrogens is 294 g/mol. The number of aliphatic hydroxyl groups is 1. The highest BCUT2D eigenvalue weighted by molar-refractivity contribution is 9.09. The van der Waals surface area contributed by atoms with Crippen LogP contribution in [0.2, 0.25) is 0 Å². The second-order valence-electron chi connectivity index (χ2n) is 3.73. The standard InChI is InChI=1S/C14H16BrNO2/c15-10-2-1-5-14(18)16-13-8-6-12(7-9-13)4-3-11-17/h6-9,17H,1-2,5,10-11H2,(H,16,18). The van der Waals surface area contributed by atoms with E-state index in [1.54, 1.807) is 0 Å². The fourth-order valence-electron chi connectivity index (χ4n) is 1.38. The Labute approximate surface area is 116 Å². The number of nitrogens with one attached hydrogen (secondary N) is 1. The van der Waals surface area contributed by atoms with Crippen LogP contribution in [0.25, 0.3) is 0 Å². The summed E-state index contributed by atoms with van der Waals surface area (Å²) in [5, 5.41) is 12.3. The number of hydrogen-bond acceptors (Lipinski definition) is 2. The Morgan fingerprint density at radius 2 is 2.00 bits per heavy atom. The smallest absolute Gasteiger partial charge is 0.224 e. The van der Waals surface area contributed by atoms with Crippen LogP contribution in [0, 0.1) is 11.8 Å². The van der Waals surface area contributed by atoms with Crippen LogP contribution >= 0.6 is 15.9 Å². The Morgan fingerprint density at radius 3 is 2.61 bits per heavy atom. The summed E-state index contributed by atoms with van der Waals surface area (Å²) in [6.07, 6.45) is 2.43. The van der Waals surface area contributed by atoms with Gasteiger partial charge in [-0.1, -0.05) is 27.8 Å². The van der Waals surface area contributed by atoms with E-state index in [-0.39, 0.29) is 12.5 Å². The molecule has 1 amide bonds. The van der Waals surface area contributed by atoms with Crippen LogP contribution in [0.1, 0.15) is 24.8 Å². The maximum Gasteiger partial charge on any atom is 0.224 e. The Morgan fingerprint density at radius 1 is 1.28 bits per heavy atom. The number of rotatable bonds is 5. The van der Waals surface area contributed by atoms with Crippen molar-refractivity contribution in [3.8, 4) is 11.8 Å². The summed E-state index contributed by atoms with van der Waals surface area (Å²) in [7, 11) is 0. The number of halogens is 1. The van der Waals surface area contributed by atoms with E-state index in [4.69, 9.17) is 5.11 Å². The summed E-state index contributed by atoms with van der Waals surface area (Å²) in [6, 6.07) is 7.25. The monoisotopic (exact) mass is 309 g/mol. The van der Waals surface area contributed by atoms with Gasteiger partial charge in [-0.15, -0.1) is 0 Å². The third-order valence-electron chi connectivity index (χ3n) is 2.27. The number of anilines is 1. The Balaban J connectivity index is 2.45. The molecule has 0 unspecified atom stereocenters. The molecule has 2 N–H and O–H groups in total. The molecule has 1 rings (SSSR count). The van der Waals surface area contributed by atoms with Crippen LogP contribution in [-0.4, -0.2) is 23.0 Å². The second kappa shape index (κ2) is 8.73. The van der Waals surface area contributed by atoms with E-state index >= 15 is 0 Å². The van der Waals surface area contributed by atoms with Crippen LogP contribution in [0.5, 0.6) is 0 Å². The molecule has 0 aliphatic rings. The largest absolute Gasteiger partial charge is 0.384 e. The molecule has 4 heteroatoms. The molecule has 1 aromatic rings. The summed E-state index contributed by atoms with van der Waals surface area (Å²) >= 11 is 3.33. The van der Waals surface area contributed by atoms with E-state index < -0.39 is 0 Å². The lowest BCUT2D eigenvalue weighted by Crippen LogP contribution is -2.10. The van der Waals surface area contributed by atoms with E-state index in [2.05, 4.69) is 33.1 Å². The molecule has 0 saturated carbocycles. The minimum atomic E-state index is -0.147. The van der Waals surface area contributed by atoms with Gasteiger partial charge in [-0.05, 0) is 37.1 Å². The Bertz CT molecular complexity index is 431. The number of unbranched alkanes of at least 4 members (excludes halogenated alkanes) is 1. The topological polar surface area (TPSA) is 49.3 Å². The number of benzene rings is 1. The summed E-state index contributed by atoms with van der Waals surface area (Å²) in [5.41, 5.74) is 1.59. The highest BCUT2D eigenvalue weighted by Gasteiger charge is 2.01. The Hall–Kier alpha value is -1.31. The van der Waals surface area contributed by atoms with Crippen molar-refractivity contribution in [2.24, 2.45) is 0 Å². The number of carbonyl (C=O) groups excluding carboxylic acids is 1. The van der Waals surface area contributed by atoms with Gasteiger partial charge in [0.2, 0.25) is 5.91 Å². The van der Waals surface area contributed by atoms with Gasteiger partial charge in [-0.25, -0.2) is 0 Å². The van der Waals surface area contributed by atoms with Crippen molar-refractivity contribution in [1.29, 1.82) is 0 Å². The average molecular weight is 310 g/mol. The van der Waals surface area contributed by atoms with Crippen molar-refractivity contribution in [3.63, 3.8) is 0 Å². The maximum absolute atomic E-state index is 11.6. The second-order valence-corrected chi connectivity index (χ2v) is 4.52. The molecule has 0 saturated heterocycles. The van der Waals surface area contributed by atoms with Gasteiger partial charge in [-0.3, -0.25) is 4.79 Å². The van der Waals surface area contributed by atoms with Crippen molar-refractivity contribution >= 4 is 27.5 Å². The molecule has 0 spiro atoms. The number of amides is 1. The molecule has 1 aromatic carbocycles. The van der Waals surface area contributed by atoms with E-state index in [9.17, 15) is 4.79 Å². The van der Waals surface area contributed by atoms with Crippen LogP contribution < -0.4 is 5.32 Å². The van der Waals surface area contributed by atoms with Crippen molar-refractivity contribution in [1.82, 2.24) is 0 Å². The molecule has 0 heterocycles. The van der Waals surface area contributed by atoms with Crippen molar-refractivity contribution in [3.05, 3.63) is 29.8 Å². The minimum Gasteiger partial charge on any atom is -0.384 e. The number of hydrogen-bond donors (Lipinski definition) is 2. The molecule has 0 fully saturated rings. The van der Waals surface area contributed by atoms with Crippen LogP contribution in [0.4, 0.5) is 5.69 Å². The first-order chi connectivity index (χ1) is 8.76. The summed E-state index contributed by atoms with van der Waals surface area (Å²) < 4.78 is 0. The molecule has 3 nitrogen and oxygen atoms in total. The van der Waals surface area contributed by atoms with Crippen LogP contribution in [0.15, 0.2) is 24.3 Å². The molecule has 0 bridgehead atoms. The van der Waals surface area contributed by atoms with Crippen molar-refractivity contribution in [2.45, 2.75) is 19.3 Å². The fraction of sp³-hybridized carbons (Fsp3) is 0.357. The number of alkyl halides is 1. The molecular formula is C14H16BrNO2. The fourth-order valence-corrected chi connectivity index (χ4v) is 1.78. The van der Waals surface area contributed by atoms with Crippen LogP contribution in [0.3, 0.4) is 0 Å². The van der Waals surface area contributed by atoms with E-state index in [1.165, 1.54) is 0 Å². The van der Waals surface area contributed by atoms with Gasteiger partial charge in [0.15, 0.2) is 0 Å².